The molecule has 0 spiro atoms. The van der Waals surface area contributed by atoms with Crippen LogP contribution in [0.2, 0.25) is 0 Å². The second-order valence-corrected chi connectivity index (χ2v) is 5.01. The summed E-state index contributed by atoms with van der Waals surface area (Å²) in [5.74, 6) is -0.336. The highest BCUT2D eigenvalue weighted by molar-refractivity contribution is 5.61. The Hall–Kier alpha value is -1.22. The minimum atomic E-state index is -0.236. The summed E-state index contributed by atoms with van der Waals surface area (Å²) in [5, 5.41) is 21.1. The first-order valence-corrected chi connectivity index (χ1v) is 6.52. The molecule has 0 aromatic heterocycles. The molecule has 0 saturated heterocycles. The molecule has 0 amide bonds. The van der Waals surface area contributed by atoms with Gasteiger partial charge >= 0.3 is 0 Å². The van der Waals surface area contributed by atoms with Crippen LogP contribution >= 0.6 is 0 Å². The summed E-state index contributed by atoms with van der Waals surface area (Å²) in [6.45, 7) is 7.62. The zero-order valence-corrected chi connectivity index (χ0v) is 10.7. The molecule has 1 aromatic rings. The van der Waals surface area contributed by atoms with E-state index in [1.165, 1.54) is 0 Å². The van der Waals surface area contributed by atoms with E-state index in [9.17, 15) is 10.2 Å². The monoisotopic (exact) mass is 235 g/mol. The summed E-state index contributed by atoms with van der Waals surface area (Å²) in [5.41, 5.74) is 2.31. The van der Waals surface area contributed by atoms with Crippen molar-refractivity contribution in [3.05, 3.63) is 17.7 Å². The van der Waals surface area contributed by atoms with E-state index in [1.54, 1.807) is 12.1 Å². The maximum atomic E-state index is 11.6. The minimum Gasteiger partial charge on any atom is -0.870 e. The van der Waals surface area contributed by atoms with Crippen LogP contribution in [0.4, 0.5) is 5.69 Å². The highest BCUT2D eigenvalue weighted by Crippen LogP contribution is 2.40. The zero-order valence-electron chi connectivity index (χ0n) is 10.7. The van der Waals surface area contributed by atoms with Crippen molar-refractivity contribution < 1.29 is 10.2 Å². The van der Waals surface area contributed by atoms with Crippen LogP contribution in [-0.2, 0) is 6.42 Å². The van der Waals surface area contributed by atoms with Gasteiger partial charge in [-0.25, -0.2) is 0 Å². The zero-order chi connectivity index (χ0) is 12.5. The topological polar surface area (TPSA) is 43.3 Å². The number of phenolic OH excluding ortho intramolecular Hbond substituents is 1. The maximum Gasteiger partial charge on any atom is 0.135 e. The third-order valence-corrected chi connectivity index (χ3v) is 3.78. The smallest absolute Gasteiger partial charge is 0.135 e. The van der Waals surface area contributed by atoms with Gasteiger partial charge in [-0.3, -0.25) is 4.48 Å². The molecular weight excluding hydrogens is 214 g/mol. The molecule has 0 unspecified atom stereocenters. The second kappa shape index (κ2) is 4.57. The Morgan fingerprint density at radius 1 is 1.24 bits per heavy atom. The largest absolute Gasteiger partial charge is 0.870 e. The molecule has 0 saturated carbocycles. The molecule has 94 valence electrons. The van der Waals surface area contributed by atoms with Crippen molar-refractivity contribution in [3.63, 3.8) is 0 Å². The average molecular weight is 235 g/mol. The molecule has 0 radical (unpaired) electrons. The molecule has 3 nitrogen and oxygen atoms in total. The molecule has 1 aromatic carbocycles. The number of aromatic hydroxyl groups is 1. The summed E-state index contributed by atoms with van der Waals surface area (Å²) >= 11 is 0. The Kier molecular flexibility index (Phi) is 3.29. The number of hydrogen-bond acceptors (Lipinski definition) is 2. The van der Waals surface area contributed by atoms with Crippen molar-refractivity contribution in [2.75, 3.05) is 19.6 Å². The molecule has 0 aliphatic carbocycles. The lowest BCUT2D eigenvalue weighted by Gasteiger charge is -2.35. The normalized spacial score (nSPS) is 17.1. The molecule has 3 heteroatoms. The molecular formula is C14H21NO2. The van der Waals surface area contributed by atoms with E-state index in [0.717, 1.165) is 54.6 Å². The van der Waals surface area contributed by atoms with Crippen LogP contribution in [0.1, 0.15) is 32.3 Å². The van der Waals surface area contributed by atoms with E-state index >= 15 is 0 Å². The lowest BCUT2D eigenvalue weighted by atomic mass is 10.1. The van der Waals surface area contributed by atoms with E-state index in [2.05, 4.69) is 13.8 Å². The van der Waals surface area contributed by atoms with Crippen LogP contribution in [0.25, 0.3) is 0 Å². The lowest BCUT2D eigenvalue weighted by molar-refractivity contribution is -0.270. The van der Waals surface area contributed by atoms with E-state index in [1.807, 2.05) is 0 Å². The average Bonchev–Trinajstić information content (AvgIpc) is 2.60. The van der Waals surface area contributed by atoms with Gasteiger partial charge in [0.25, 0.3) is 0 Å². The summed E-state index contributed by atoms with van der Waals surface area (Å²) < 4.78 is 0.928. The number of hydrogen-bond donors (Lipinski definition) is 1. The lowest BCUT2D eigenvalue weighted by Crippen LogP contribution is -2.48. The Morgan fingerprint density at radius 2 is 1.88 bits per heavy atom. The van der Waals surface area contributed by atoms with Gasteiger partial charge in [-0.2, -0.15) is 0 Å². The van der Waals surface area contributed by atoms with Crippen molar-refractivity contribution in [2.24, 2.45) is 0 Å². The number of fused-ring (bicyclic) bond motifs is 1. The molecule has 0 bridgehead atoms. The summed E-state index contributed by atoms with van der Waals surface area (Å²) in [6.07, 6.45) is 3.21. The first-order chi connectivity index (χ1) is 8.13. The standard InChI is InChI=1S/C14H21NO2/c1-3-6-15(7-4-2)8-5-11-9-13(16)14(17)10-12(11)15/h9-10H,3-8H2,1-2H3,(H-,16,17). The molecule has 17 heavy (non-hydrogen) atoms. The van der Waals surface area contributed by atoms with Gasteiger partial charge in [0.1, 0.15) is 11.4 Å². The van der Waals surface area contributed by atoms with Gasteiger partial charge in [0.05, 0.1) is 19.6 Å². The van der Waals surface area contributed by atoms with Crippen LogP contribution in [0.15, 0.2) is 12.1 Å². The van der Waals surface area contributed by atoms with Crippen molar-refractivity contribution in [2.45, 2.75) is 33.1 Å². The number of rotatable bonds is 4. The van der Waals surface area contributed by atoms with Crippen LogP contribution in [0.3, 0.4) is 0 Å². The van der Waals surface area contributed by atoms with Crippen LogP contribution in [0.5, 0.6) is 11.5 Å². The fourth-order valence-electron chi connectivity index (χ4n) is 3.13. The summed E-state index contributed by atoms with van der Waals surface area (Å²) in [7, 11) is 0. The van der Waals surface area contributed by atoms with Gasteiger partial charge in [-0.15, -0.1) is 0 Å². The van der Waals surface area contributed by atoms with Crippen LogP contribution in [0, 0.1) is 0 Å². The predicted octanol–water partition coefficient (Wildman–Crippen LogP) is 2.15. The van der Waals surface area contributed by atoms with Crippen molar-refractivity contribution >= 4 is 5.69 Å². The number of quaternary nitrogens is 1. The first kappa shape index (κ1) is 12.2. The Bertz CT molecular complexity index is 409. The van der Waals surface area contributed by atoms with E-state index < -0.39 is 0 Å². The fraction of sp³-hybridized carbons (Fsp3) is 0.571. The highest BCUT2D eigenvalue weighted by Gasteiger charge is 2.36. The quantitative estimate of drug-likeness (QED) is 0.813. The molecule has 0 atom stereocenters. The molecule has 1 aliphatic rings. The number of benzene rings is 1. The van der Waals surface area contributed by atoms with Crippen LogP contribution in [-0.4, -0.2) is 24.7 Å². The highest BCUT2D eigenvalue weighted by atomic mass is 16.3. The van der Waals surface area contributed by atoms with Gasteiger partial charge < -0.3 is 10.2 Å². The Balaban J connectivity index is 2.45. The maximum absolute atomic E-state index is 11.6. The molecule has 0 fully saturated rings. The van der Waals surface area contributed by atoms with Crippen molar-refractivity contribution in [3.8, 4) is 11.5 Å². The van der Waals surface area contributed by atoms with E-state index in [4.69, 9.17) is 0 Å². The predicted molar refractivity (Wildman–Crippen MR) is 68.2 cm³/mol. The SMILES string of the molecule is CCC[N+]1(CCC)CCc2cc(O)c([O-])cc21. The van der Waals surface area contributed by atoms with Crippen molar-refractivity contribution in [1.82, 2.24) is 4.48 Å². The van der Waals surface area contributed by atoms with Gasteiger partial charge in [-0.1, -0.05) is 19.6 Å². The molecule has 1 heterocycles. The van der Waals surface area contributed by atoms with Gasteiger partial charge in [0.15, 0.2) is 0 Å². The molecule has 1 aliphatic heterocycles. The molecule has 1 N–H and O–H groups in total. The third kappa shape index (κ3) is 2.00. The van der Waals surface area contributed by atoms with E-state index in [0.29, 0.717) is 0 Å². The van der Waals surface area contributed by atoms with Crippen LogP contribution < -0.4 is 9.59 Å². The fourth-order valence-corrected chi connectivity index (χ4v) is 3.13. The van der Waals surface area contributed by atoms with Crippen molar-refractivity contribution in [1.29, 1.82) is 0 Å². The minimum absolute atomic E-state index is 0.100. The number of nitrogens with zero attached hydrogens (tertiary/aromatic N) is 1. The number of phenols is 1. The van der Waals surface area contributed by atoms with E-state index in [-0.39, 0.29) is 11.5 Å². The van der Waals surface area contributed by atoms with Gasteiger partial charge in [-0.05, 0) is 25.0 Å². The third-order valence-electron chi connectivity index (χ3n) is 3.78. The second-order valence-electron chi connectivity index (χ2n) is 5.01. The Morgan fingerprint density at radius 3 is 2.47 bits per heavy atom. The summed E-state index contributed by atoms with van der Waals surface area (Å²) in [4.78, 5) is 0. The first-order valence-electron chi connectivity index (χ1n) is 6.52. The van der Waals surface area contributed by atoms with Gasteiger partial charge in [0.2, 0.25) is 0 Å². The van der Waals surface area contributed by atoms with Gasteiger partial charge in [0, 0.05) is 12.0 Å². The summed E-state index contributed by atoms with van der Waals surface area (Å²) in [6, 6.07) is 3.33. The Labute approximate surface area is 103 Å². The molecule has 2 rings (SSSR count).